The van der Waals surface area contributed by atoms with Gasteiger partial charge < -0.3 is 25.0 Å². The molecule has 0 aliphatic rings. The highest BCUT2D eigenvalue weighted by Crippen LogP contribution is 2.26. The average Bonchev–Trinajstić information content (AvgIpc) is 2.82. The normalized spacial score (nSPS) is 12.6. The Bertz CT molecular complexity index is 1090. The minimum absolute atomic E-state index is 0.0381. The Morgan fingerprint density at radius 3 is 2.16 bits per heavy atom. The van der Waals surface area contributed by atoms with E-state index in [0.717, 1.165) is 0 Å². The molecule has 37 heavy (non-hydrogen) atoms. The van der Waals surface area contributed by atoms with E-state index in [2.05, 4.69) is 10.6 Å². The summed E-state index contributed by atoms with van der Waals surface area (Å²) in [5, 5.41) is 15.1. The molecule has 0 radical (unpaired) electrons. The van der Waals surface area contributed by atoms with Gasteiger partial charge in [0.1, 0.15) is 30.0 Å². The van der Waals surface area contributed by atoms with Crippen molar-refractivity contribution < 1.29 is 23.9 Å². The van der Waals surface area contributed by atoms with Crippen LogP contribution in [0.5, 0.6) is 5.75 Å². The number of methoxy groups -OCH3 is 1. The lowest BCUT2D eigenvalue weighted by Gasteiger charge is -2.33. The molecule has 2 atom stereocenters. The molecule has 0 fully saturated rings. The highest BCUT2D eigenvalue weighted by Gasteiger charge is 2.36. The molecule has 2 N–H and O–H groups in total. The Morgan fingerprint density at radius 1 is 1.03 bits per heavy atom. The fourth-order valence-electron chi connectivity index (χ4n) is 3.71. The molecule has 2 aromatic rings. The monoisotopic (exact) mass is 508 g/mol. The average molecular weight is 509 g/mol. The Hall–Kier alpha value is -4.06. The first-order valence-electron chi connectivity index (χ1n) is 12.1. The Balaban J connectivity index is 2.44. The molecule has 0 spiro atoms. The van der Waals surface area contributed by atoms with Gasteiger partial charge in [0.25, 0.3) is 5.91 Å². The number of rotatable bonds is 10. The van der Waals surface area contributed by atoms with E-state index in [9.17, 15) is 19.6 Å². The summed E-state index contributed by atoms with van der Waals surface area (Å²) in [4.78, 5) is 41.2. The van der Waals surface area contributed by atoms with Crippen LogP contribution >= 0.6 is 0 Å². The first-order valence-corrected chi connectivity index (χ1v) is 12.1. The van der Waals surface area contributed by atoms with E-state index < -0.39 is 35.6 Å². The molecule has 0 heterocycles. The SMILES string of the molecule is COc1ccc(NC(=O)C(c2ccccc2)N(CC#N)C(=O)C(CC(C)C)NC(=O)OC(C)(C)C)cc1. The summed E-state index contributed by atoms with van der Waals surface area (Å²) in [5.41, 5.74) is 0.270. The van der Waals surface area contributed by atoms with Gasteiger partial charge in [0.2, 0.25) is 5.91 Å². The van der Waals surface area contributed by atoms with Gasteiger partial charge in [0, 0.05) is 5.69 Å². The summed E-state index contributed by atoms with van der Waals surface area (Å²) in [6.45, 7) is 8.64. The quantitative estimate of drug-likeness (QED) is 0.450. The summed E-state index contributed by atoms with van der Waals surface area (Å²) in [6.07, 6.45) is -0.455. The fourth-order valence-corrected chi connectivity index (χ4v) is 3.71. The van der Waals surface area contributed by atoms with Gasteiger partial charge in [-0.05, 0) is 62.9 Å². The molecule has 2 unspecified atom stereocenters. The molecule has 198 valence electrons. The molecule has 0 saturated heterocycles. The molecule has 0 aliphatic carbocycles. The van der Waals surface area contributed by atoms with Gasteiger partial charge in [-0.25, -0.2) is 4.79 Å². The van der Waals surface area contributed by atoms with Crippen LogP contribution in [0.1, 0.15) is 52.6 Å². The van der Waals surface area contributed by atoms with Crippen LogP contribution in [0.25, 0.3) is 0 Å². The minimum atomic E-state index is -1.12. The number of carbonyl (C=O) groups is 3. The van der Waals surface area contributed by atoms with Gasteiger partial charge in [-0.15, -0.1) is 0 Å². The first-order chi connectivity index (χ1) is 17.4. The molecule has 2 rings (SSSR count). The number of nitrogens with zero attached hydrogens (tertiary/aromatic N) is 2. The third kappa shape index (κ3) is 9.15. The Labute approximate surface area is 218 Å². The van der Waals surface area contributed by atoms with Crippen LogP contribution in [0.4, 0.5) is 10.5 Å². The van der Waals surface area contributed by atoms with Crippen LogP contribution < -0.4 is 15.4 Å². The number of amides is 3. The standard InChI is InChI=1S/C28H36N4O5/c1-19(2)18-23(31-27(35)37-28(3,4)5)26(34)32(17-16-29)24(20-10-8-7-9-11-20)25(33)30-21-12-14-22(36-6)15-13-21/h7-15,19,23-24H,17-18H2,1-6H3,(H,30,33)(H,31,35). The maximum absolute atomic E-state index is 13.8. The predicted molar refractivity (Wildman–Crippen MR) is 141 cm³/mol. The number of nitrogens with one attached hydrogen (secondary N) is 2. The number of hydrogen-bond acceptors (Lipinski definition) is 6. The van der Waals surface area contributed by atoms with E-state index >= 15 is 0 Å². The minimum Gasteiger partial charge on any atom is -0.497 e. The topological polar surface area (TPSA) is 121 Å². The predicted octanol–water partition coefficient (Wildman–Crippen LogP) is 4.67. The number of anilines is 1. The van der Waals surface area contributed by atoms with Crippen molar-refractivity contribution >= 4 is 23.6 Å². The Morgan fingerprint density at radius 2 is 1.65 bits per heavy atom. The lowest BCUT2D eigenvalue weighted by Crippen LogP contribution is -2.52. The van der Waals surface area contributed by atoms with Gasteiger partial charge in [-0.2, -0.15) is 5.26 Å². The van der Waals surface area contributed by atoms with Gasteiger partial charge >= 0.3 is 6.09 Å². The van der Waals surface area contributed by atoms with Crippen molar-refractivity contribution in [1.82, 2.24) is 10.2 Å². The number of hydrogen-bond donors (Lipinski definition) is 2. The summed E-state index contributed by atoms with van der Waals surface area (Å²) in [5.74, 6) is -0.389. The van der Waals surface area contributed by atoms with Crippen molar-refractivity contribution in [2.24, 2.45) is 5.92 Å². The van der Waals surface area contributed by atoms with E-state index in [-0.39, 0.29) is 12.5 Å². The second-order valence-corrected chi connectivity index (χ2v) is 9.98. The summed E-state index contributed by atoms with van der Waals surface area (Å²) >= 11 is 0. The third-order valence-corrected chi connectivity index (χ3v) is 5.25. The molecule has 3 amide bonds. The van der Waals surface area contributed by atoms with Crippen molar-refractivity contribution in [3.63, 3.8) is 0 Å². The summed E-state index contributed by atoms with van der Waals surface area (Å²) in [7, 11) is 1.54. The number of benzene rings is 2. The molecular weight excluding hydrogens is 472 g/mol. The van der Waals surface area contributed by atoms with Crippen LogP contribution in [0.15, 0.2) is 54.6 Å². The Kier molecular flexibility index (Phi) is 10.5. The van der Waals surface area contributed by atoms with E-state index in [4.69, 9.17) is 9.47 Å². The zero-order valence-electron chi connectivity index (χ0n) is 22.3. The number of nitriles is 1. The lowest BCUT2D eigenvalue weighted by molar-refractivity contribution is -0.140. The molecule has 0 aliphatic heterocycles. The zero-order valence-corrected chi connectivity index (χ0v) is 22.3. The van der Waals surface area contributed by atoms with Crippen LogP contribution in [-0.4, -0.2) is 48.1 Å². The van der Waals surface area contributed by atoms with Gasteiger partial charge in [-0.3, -0.25) is 9.59 Å². The van der Waals surface area contributed by atoms with E-state index in [1.54, 1.807) is 82.5 Å². The maximum Gasteiger partial charge on any atom is 0.408 e. The molecule has 0 saturated carbocycles. The molecule has 2 aromatic carbocycles. The zero-order chi connectivity index (χ0) is 27.6. The van der Waals surface area contributed by atoms with Crippen LogP contribution in [0, 0.1) is 17.2 Å². The second-order valence-electron chi connectivity index (χ2n) is 9.98. The second kappa shape index (κ2) is 13.3. The molecule has 9 nitrogen and oxygen atoms in total. The largest absolute Gasteiger partial charge is 0.497 e. The van der Waals surface area contributed by atoms with E-state index in [1.807, 2.05) is 19.9 Å². The van der Waals surface area contributed by atoms with E-state index in [1.165, 1.54) is 4.90 Å². The molecule has 9 heteroatoms. The maximum atomic E-state index is 13.8. The number of alkyl carbamates (subject to hydrolysis) is 1. The van der Waals surface area contributed by atoms with Crippen molar-refractivity contribution in [2.45, 2.75) is 58.7 Å². The van der Waals surface area contributed by atoms with Crippen molar-refractivity contribution in [3.8, 4) is 11.8 Å². The summed E-state index contributed by atoms with van der Waals surface area (Å²) < 4.78 is 10.5. The van der Waals surface area contributed by atoms with E-state index in [0.29, 0.717) is 23.4 Å². The lowest BCUT2D eigenvalue weighted by atomic mass is 9.99. The van der Waals surface area contributed by atoms with Gasteiger partial charge in [0.15, 0.2) is 0 Å². The van der Waals surface area contributed by atoms with Crippen LogP contribution in [0.3, 0.4) is 0 Å². The third-order valence-electron chi connectivity index (χ3n) is 5.25. The fraction of sp³-hybridized carbons (Fsp3) is 0.429. The number of carbonyl (C=O) groups excluding carboxylic acids is 3. The smallest absolute Gasteiger partial charge is 0.408 e. The van der Waals surface area contributed by atoms with Crippen LogP contribution in [-0.2, 0) is 14.3 Å². The highest BCUT2D eigenvalue weighted by atomic mass is 16.6. The molecule has 0 bridgehead atoms. The van der Waals surface area contributed by atoms with Crippen molar-refractivity contribution in [2.75, 3.05) is 19.0 Å². The highest BCUT2D eigenvalue weighted by molar-refractivity contribution is 5.99. The van der Waals surface area contributed by atoms with Crippen molar-refractivity contribution in [1.29, 1.82) is 5.26 Å². The van der Waals surface area contributed by atoms with Gasteiger partial charge in [-0.1, -0.05) is 44.2 Å². The summed E-state index contributed by atoms with van der Waals surface area (Å²) in [6, 6.07) is 15.4. The van der Waals surface area contributed by atoms with Crippen LogP contribution in [0.2, 0.25) is 0 Å². The molecule has 0 aromatic heterocycles. The van der Waals surface area contributed by atoms with Gasteiger partial charge in [0.05, 0.1) is 13.2 Å². The first kappa shape index (κ1) is 29.2. The van der Waals surface area contributed by atoms with Crippen molar-refractivity contribution in [3.05, 3.63) is 60.2 Å². The molecular formula is C28H36N4O5. The number of ether oxygens (including phenoxy) is 2.